The highest BCUT2D eigenvalue weighted by Crippen LogP contribution is 2.16. The molecule has 0 aliphatic rings. The number of likely N-dealkylation sites (N-methyl/N-ethyl adjacent to an activating group) is 1. The predicted molar refractivity (Wildman–Crippen MR) is 98.7 cm³/mol. The third kappa shape index (κ3) is 4.37. The quantitative estimate of drug-likeness (QED) is 0.616. The number of nitrogens with zero attached hydrogens (tertiary/aromatic N) is 3. The first-order chi connectivity index (χ1) is 12.1. The van der Waals surface area contributed by atoms with Gasteiger partial charge in [-0.2, -0.15) is 0 Å². The molecule has 2 aromatic heterocycles. The molecular weight excluding hydrogens is 334 g/mol. The third-order valence-corrected chi connectivity index (χ3v) is 4.96. The molecule has 2 heterocycles. The van der Waals surface area contributed by atoms with Crippen LogP contribution in [0.1, 0.15) is 11.6 Å². The first-order valence-electron chi connectivity index (χ1n) is 8.19. The van der Waals surface area contributed by atoms with Crippen LogP contribution < -0.4 is 10.2 Å². The summed E-state index contributed by atoms with van der Waals surface area (Å²) in [5.74, 6) is 0.319. The van der Waals surface area contributed by atoms with Gasteiger partial charge in [0.1, 0.15) is 6.04 Å². The van der Waals surface area contributed by atoms with Crippen molar-refractivity contribution in [1.82, 2.24) is 19.9 Å². The molecule has 0 bridgehead atoms. The van der Waals surface area contributed by atoms with Crippen LogP contribution >= 0.6 is 11.8 Å². The molecule has 3 aromatic rings. The van der Waals surface area contributed by atoms with Crippen LogP contribution in [0.25, 0.3) is 5.65 Å². The molecule has 130 valence electrons. The molecular formula is C18H22N5OS+. The highest BCUT2D eigenvalue weighted by atomic mass is 32.2. The zero-order chi connectivity index (χ0) is 17.6. The lowest BCUT2D eigenvalue weighted by atomic mass is 10.1. The van der Waals surface area contributed by atoms with Crippen molar-refractivity contribution in [3.63, 3.8) is 0 Å². The Balaban J connectivity index is 1.55. The second-order valence-corrected chi connectivity index (χ2v) is 6.99. The molecule has 0 fully saturated rings. The van der Waals surface area contributed by atoms with Crippen molar-refractivity contribution in [3.05, 3.63) is 60.3 Å². The van der Waals surface area contributed by atoms with Crippen molar-refractivity contribution < 1.29 is 9.69 Å². The van der Waals surface area contributed by atoms with Crippen molar-refractivity contribution >= 4 is 23.3 Å². The molecule has 2 N–H and O–H groups in total. The van der Waals surface area contributed by atoms with E-state index in [1.54, 1.807) is 0 Å². The first-order valence-corrected chi connectivity index (χ1v) is 9.18. The number of benzene rings is 1. The van der Waals surface area contributed by atoms with E-state index in [-0.39, 0.29) is 11.9 Å². The smallest absolute Gasteiger partial charge is 0.230 e. The van der Waals surface area contributed by atoms with Crippen LogP contribution in [0.2, 0.25) is 0 Å². The molecule has 0 saturated heterocycles. The number of carbonyl (C=O) groups excluding carboxylic acids is 1. The number of quaternary nitrogens is 1. The van der Waals surface area contributed by atoms with E-state index in [1.165, 1.54) is 22.2 Å². The van der Waals surface area contributed by atoms with E-state index in [2.05, 4.69) is 41.7 Å². The van der Waals surface area contributed by atoms with E-state index in [0.717, 1.165) is 10.8 Å². The highest BCUT2D eigenvalue weighted by Gasteiger charge is 2.18. The number of pyridine rings is 1. The van der Waals surface area contributed by atoms with Gasteiger partial charge in [-0.25, -0.2) is 0 Å². The number of hydrogen-bond donors (Lipinski definition) is 2. The van der Waals surface area contributed by atoms with Gasteiger partial charge in [0.25, 0.3) is 0 Å². The fraction of sp³-hybridized carbons (Fsp3) is 0.278. The normalized spacial score (nSPS) is 12.4. The van der Waals surface area contributed by atoms with Crippen LogP contribution in [-0.2, 0) is 4.79 Å². The highest BCUT2D eigenvalue weighted by molar-refractivity contribution is 7.99. The van der Waals surface area contributed by atoms with E-state index >= 15 is 0 Å². The Morgan fingerprint density at radius 1 is 1.16 bits per heavy atom. The molecule has 3 rings (SSSR count). The van der Waals surface area contributed by atoms with Gasteiger partial charge in [-0.15, -0.1) is 10.2 Å². The first kappa shape index (κ1) is 17.4. The largest absolute Gasteiger partial charge is 0.349 e. The summed E-state index contributed by atoms with van der Waals surface area (Å²) in [6.07, 6.45) is 1.90. The molecule has 0 radical (unpaired) electrons. The second kappa shape index (κ2) is 8.13. The van der Waals surface area contributed by atoms with E-state index in [0.29, 0.717) is 12.3 Å². The summed E-state index contributed by atoms with van der Waals surface area (Å²) in [4.78, 5) is 13.5. The maximum atomic E-state index is 12.2. The molecule has 1 amide bonds. The summed E-state index contributed by atoms with van der Waals surface area (Å²) in [5.41, 5.74) is 2.00. The number of carbonyl (C=O) groups is 1. The number of aromatic nitrogens is 3. The summed E-state index contributed by atoms with van der Waals surface area (Å²) in [6, 6.07) is 16.2. The number of thioether (sulfide) groups is 1. The zero-order valence-corrected chi connectivity index (χ0v) is 15.2. The lowest BCUT2D eigenvalue weighted by Crippen LogP contribution is -3.07. The number of fused-ring (bicyclic) bond motifs is 1. The van der Waals surface area contributed by atoms with Gasteiger partial charge >= 0.3 is 0 Å². The Morgan fingerprint density at radius 2 is 1.92 bits per heavy atom. The minimum absolute atomic E-state index is 0.000128. The fourth-order valence-corrected chi connectivity index (χ4v) is 3.41. The van der Waals surface area contributed by atoms with Crippen molar-refractivity contribution in [1.29, 1.82) is 0 Å². The molecule has 0 aliphatic heterocycles. The zero-order valence-electron chi connectivity index (χ0n) is 14.3. The predicted octanol–water partition coefficient (Wildman–Crippen LogP) is 0.823. The maximum absolute atomic E-state index is 12.2. The minimum atomic E-state index is -0.000128. The molecule has 0 aliphatic carbocycles. The minimum Gasteiger partial charge on any atom is -0.349 e. The number of nitrogens with one attached hydrogen (secondary N) is 2. The van der Waals surface area contributed by atoms with Crippen LogP contribution in [-0.4, -0.2) is 46.9 Å². The van der Waals surface area contributed by atoms with E-state index in [1.807, 2.05) is 47.0 Å². The fourth-order valence-electron chi connectivity index (χ4n) is 2.66. The molecule has 0 unspecified atom stereocenters. The van der Waals surface area contributed by atoms with E-state index in [4.69, 9.17) is 0 Å². The van der Waals surface area contributed by atoms with E-state index in [9.17, 15) is 4.79 Å². The Hall–Kier alpha value is -2.38. The Morgan fingerprint density at radius 3 is 2.68 bits per heavy atom. The van der Waals surface area contributed by atoms with Gasteiger partial charge in [0.2, 0.25) is 5.91 Å². The number of amides is 1. The SMILES string of the molecule is C[NH+](C)[C@@H](CNC(=O)CSc1nnc2ccccn12)c1ccccc1. The van der Waals surface area contributed by atoms with Gasteiger partial charge < -0.3 is 10.2 Å². The van der Waals surface area contributed by atoms with Crippen LogP contribution in [0.4, 0.5) is 0 Å². The van der Waals surface area contributed by atoms with Gasteiger partial charge in [-0.3, -0.25) is 9.20 Å². The van der Waals surface area contributed by atoms with Crippen LogP contribution in [0.3, 0.4) is 0 Å². The standard InChI is InChI=1S/C18H21N5OS/c1-22(2)15(14-8-4-3-5-9-14)12-19-17(24)13-25-18-21-20-16-10-6-7-11-23(16)18/h3-11,15H,12-13H2,1-2H3,(H,19,24)/p+1/t15-/m0/s1. The maximum Gasteiger partial charge on any atom is 0.230 e. The molecule has 6 nitrogen and oxygen atoms in total. The van der Waals surface area contributed by atoms with Gasteiger partial charge in [0.05, 0.1) is 26.4 Å². The molecule has 0 spiro atoms. The summed E-state index contributed by atoms with van der Waals surface area (Å²) in [7, 11) is 4.20. The molecule has 0 saturated carbocycles. The van der Waals surface area contributed by atoms with Gasteiger partial charge in [-0.05, 0) is 12.1 Å². The lowest BCUT2D eigenvalue weighted by molar-refractivity contribution is -0.890. The van der Waals surface area contributed by atoms with Gasteiger partial charge in [0.15, 0.2) is 10.8 Å². The van der Waals surface area contributed by atoms with Crippen molar-refractivity contribution in [2.75, 3.05) is 26.4 Å². The third-order valence-electron chi connectivity index (χ3n) is 4.02. The molecule has 1 atom stereocenters. The summed E-state index contributed by atoms with van der Waals surface area (Å²) < 4.78 is 1.88. The monoisotopic (exact) mass is 356 g/mol. The Bertz CT molecular complexity index is 834. The van der Waals surface area contributed by atoms with Crippen molar-refractivity contribution in [2.45, 2.75) is 11.2 Å². The summed E-state index contributed by atoms with van der Waals surface area (Å²) >= 11 is 1.39. The molecule has 25 heavy (non-hydrogen) atoms. The van der Waals surface area contributed by atoms with Crippen molar-refractivity contribution in [2.24, 2.45) is 0 Å². The van der Waals surface area contributed by atoms with Gasteiger partial charge in [-0.1, -0.05) is 48.2 Å². The van der Waals surface area contributed by atoms with Crippen LogP contribution in [0, 0.1) is 0 Å². The van der Waals surface area contributed by atoms with Crippen LogP contribution in [0.5, 0.6) is 0 Å². The van der Waals surface area contributed by atoms with Crippen molar-refractivity contribution in [3.8, 4) is 0 Å². The summed E-state index contributed by atoms with van der Waals surface area (Å²) in [6.45, 7) is 0.603. The lowest BCUT2D eigenvalue weighted by Gasteiger charge is -2.22. The number of rotatable bonds is 7. The second-order valence-electron chi connectivity index (χ2n) is 6.04. The Kier molecular flexibility index (Phi) is 5.67. The van der Waals surface area contributed by atoms with E-state index < -0.39 is 0 Å². The van der Waals surface area contributed by atoms with Crippen LogP contribution in [0.15, 0.2) is 59.9 Å². The molecule has 1 aromatic carbocycles. The topological polar surface area (TPSA) is 63.7 Å². The summed E-state index contributed by atoms with van der Waals surface area (Å²) in [5, 5.41) is 12.0. The molecule has 7 heteroatoms. The number of hydrogen-bond acceptors (Lipinski definition) is 4. The average Bonchev–Trinajstić information content (AvgIpc) is 3.04. The average molecular weight is 356 g/mol. The van der Waals surface area contributed by atoms with Gasteiger partial charge in [0, 0.05) is 11.8 Å². The Labute approximate surface area is 151 Å².